The molecular weight excluding hydrogens is 386 g/mol. The van der Waals surface area contributed by atoms with Crippen molar-refractivity contribution < 1.29 is 22.8 Å². The van der Waals surface area contributed by atoms with Crippen LogP contribution in [0.4, 0.5) is 8.78 Å². The van der Waals surface area contributed by atoms with Crippen LogP contribution in [0.25, 0.3) is 22.3 Å². The number of halogens is 2. The maximum absolute atomic E-state index is 12.6. The molecule has 0 saturated heterocycles. The van der Waals surface area contributed by atoms with Crippen LogP contribution in [0.2, 0.25) is 0 Å². The van der Waals surface area contributed by atoms with Gasteiger partial charge in [0, 0.05) is 5.56 Å². The topological polar surface area (TPSA) is 92.3 Å². The lowest BCUT2D eigenvalue weighted by Gasteiger charge is -2.10. The van der Waals surface area contributed by atoms with Gasteiger partial charge in [-0.15, -0.1) is 0 Å². The van der Waals surface area contributed by atoms with E-state index in [2.05, 4.69) is 19.9 Å². The van der Waals surface area contributed by atoms with E-state index in [1.807, 2.05) is 0 Å². The zero-order chi connectivity index (χ0) is 20.4. The predicted octanol–water partition coefficient (Wildman–Crippen LogP) is 3.10. The molecule has 2 heterocycles. The van der Waals surface area contributed by atoms with Crippen molar-refractivity contribution >= 4 is 10.9 Å². The Hall–Kier alpha value is -3.82. The van der Waals surface area contributed by atoms with Crippen molar-refractivity contribution in [3.05, 3.63) is 65.0 Å². The van der Waals surface area contributed by atoms with Crippen molar-refractivity contribution in [3.63, 3.8) is 0 Å². The van der Waals surface area contributed by atoms with E-state index in [0.717, 1.165) is 0 Å². The molecule has 148 valence electrons. The van der Waals surface area contributed by atoms with Crippen LogP contribution in [-0.4, -0.2) is 33.4 Å². The van der Waals surface area contributed by atoms with Crippen molar-refractivity contribution in [3.8, 4) is 22.9 Å². The summed E-state index contributed by atoms with van der Waals surface area (Å²) in [5.74, 6) is 0.391. The predicted molar refractivity (Wildman–Crippen MR) is 98.0 cm³/mol. The Labute approximate surface area is 162 Å². The van der Waals surface area contributed by atoms with E-state index in [1.165, 1.54) is 36.2 Å². The summed E-state index contributed by atoms with van der Waals surface area (Å²) in [6.45, 7) is -2.94. The number of aromatic nitrogens is 4. The molecule has 0 aliphatic heterocycles. The summed E-state index contributed by atoms with van der Waals surface area (Å²) >= 11 is 0. The summed E-state index contributed by atoms with van der Waals surface area (Å²) in [6.07, 6.45) is 1.41. The minimum Gasteiger partial charge on any atom is -0.493 e. The number of alkyl halides is 2. The standard InChI is InChI=1S/C19H14F2N4O4/c1-27-15-8-11(6-7-14(15)28-19(20)21)17-23-16(29-24-17)9-25-10-22-13-5-3-2-4-12(13)18(25)26/h2-8,10,19H,9H2,1H3. The second-order valence-corrected chi connectivity index (χ2v) is 5.95. The number of benzene rings is 2. The smallest absolute Gasteiger partial charge is 0.387 e. The van der Waals surface area contributed by atoms with Crippen molar-refractivity contribution in [2.75, 3.05) is 7.11 Å². The number of methoxy groups -OCH3 is 1. The van der Waals surface area contributed by atoms with Crippen LogP contribution >= 0.6 is 0 Å². The van der Waals surface area contributed by atoms with Crippen molar-refractivity contribution in [1.82, 2.24) is 19.7 Å². The Morgan fingerprint density at radius 3 is 2.79 bits per heavy atom. The maximum atomic E-state index is 12.6. The van der Waals surface area contributed by atoms with E-state index < -0.39 is 6.61 Å². The molecule has 0 aliphatic carbocycles. The Morgan fingerprint density at radius 2 is 2.00 bits per heavy atom. The van der Waals surface area contributed by atoms with Crippen LogP contribution in [0.5, 0.6) is 11.5 Å². The number of ether oxygens (including phenoxy) is 2. The molecule has 8 nitrogen and oxygen atoms in total. The van der Waals surface area contributed by atoms with Crippen LogP contribution in [0.3, 0.4) is 0 Å². The summed E-state index contributed by atoms with van der Waals surface area (Å²) in [4.78, 5) is 21.1. The van der Waals surface area contributed by atoms with Gasteiger partial charge in [0.05, 0.1) is 24.3 Å². The average Bonchev–Trinajstić information content (AvgIpc) is 3.19. The zero-order valence-electron chi connectivity index (χ0n) is 15.1. The molecule has 0 amide bonds. The number of hydrogen-bond donors (Lipinski definition) is 0. The fourth-order valence-corrected chi connectivity index (χ4v) is 2.80. The van der Waals surface area contributed by atoms with E-state index in [9.17, 15) is 13.6 Å². The van der Waals surface area contributed by atoms with E-state index in [0.29, 0.717) is 16.5 Å². The van der Waals surface area contributed by atoms with Gasteiger partial charge >= 0.3 is 6.61 Å². The number of rotatable bonds is 6. The first-order valence-corrected chi connectivity index (χ1v) is 8.45. The molecule has 10 heteroatoms. The highest BCUT2D eigenvalue weighted by Crippen LogP contribution is 2.32. The molecule has 4 rings (SSSR count). The molecule has 0 radical (unpaired) electrons. The maximum Gasteiger partial charge on any atom is 0.387 e. The van der Waals surface area contributed by atoms with Gasteiger partial charge in [-0.25, -0.2) is 4.98 Å². The molecule has 2 aromatic carbocycles. The van der Waals surface area contributed by atoms with Gasteiger partial charge in [-0.2, -0.15) is 13.8 Å². The van der Waals surface area contributed by atoms with Gasteiger partial charge in [0.1, 0.15) is 6.54 Å². The van der Waals surface area contributed by atoms with E-state index >= 15 is 0 Å². The fraction of sp³-hybridized carbons (Fsp3) is 0.158. The van der Waals surface area contributed by atoms with Crippen molar-refractivity contribution in [2.24, 2.45) is 0 Å². The van der Waals surface area contributed by atoms with Gasteiger partial charge in [-0.1, -0.05) is 17.3 Å². The van der Waals surface area contributed by atoms with Gasteiger partial charge in [0.2, 0.25) is 11.7 Å². The highest BCUT2D eigenvalue weighted by molar-refractivity contribution is 5.76. The number of hydrogen-bond acceptors (Lipinski definition) is 7. The highest BCUT2D eigenvalue weighted by atomic mass is 19.3. The summed E-state index contributed by atoms with van der Waals surface area (Å²) < 4.78 is 40.9. The second kappa shape index (κ2) is 7.66. The molecule has 0 atom stereocenters. The molecule has 0 bridgehead atoms. The molecule has 4 aromatic rings. The van der Waals surface area contributed by atoms with E-state index in [1.54, 1.807) is 24.3 Å². The Morgan fingerprint density at radius 1 is 1.17 bits per heavy atom. The molecule has 0 fully saturated rings. The van der Waals surface area contributed by atoms with Crippen molar-refractivity contribution in [1.29, 1.82) is 0 Å². The molecule has 0 aliphatic rings. The Kier molecular flexibility index (Phi) is 4.90. The van der Waals surface area contributed by atoms with Gasteiger partial charge in [0.15, 0.2) is 11.5 Å². The SMILES string of the molecule is COc1cc(-c2noc(Cn3cnc4ccccc4c3=O)n2)ccc1OC(F)F. The zero-order valence-corrected chi connectivity index (χ0v) is 15.1. The molecule has 0 spiro atoms. The quantitative estimate of drug-likeness (QED) is 0.491. The first-order chi connectivity index (χ1) is 14.0. The Bertz CT molecular complexity index is 1220. The third-order valence-electron chi connectivity index (χ3n) is 4.14. The third-order valence-corrected chi connectivity index (χ3v) is 4.14. The molecular formula is C19H14F2N4O4. The summed E-state index contributed by atoms with van der Waals surface area (Å²) in [5, 5.41) is 4.35. The molecule has 2 aromatic heterocycles. The summed E-state index contributed by atoms with van der Waals surface area (Å²) in [5.41, 5.74) is 0.839. The van der Waals surface area contributed by atoms with Crippen LogP contribution in [0.15, 0.2) is 58.1 Å². The average molecular weight is 400 g/mol. The molecule has 0 N–H and O–H groups in total. The first kappa shape index (κ1) is 18.5. The minimum atomic E-state index is -2.97. The lowest BCUT2D eigenvalue weighted by Crippen LogP contribution is -2.21. The van der Waals surface area contributed by atoms with Gasteiger partial charge in [-0.05, 0) is 30.3 Å². The lowest BCUT2D eigenvalue weighted by molar-refractivity contribution is -0.0512. The van der Waals surface area contributed by atoms with Gasteiger partial charge in [0.25, 0.3) is 5.56 Å². The highest BCUT2D eigenvalue weighted by Gasteiger charge is 2.15. The van der Waals surface area contributed by atoms with Crippen LogP contribution < -0.4 is 15.0 Å². The van der Waals surface area contributed by atoms with Gasteiger partial charge < -0.3 is 14.0 Å². The first-order valence-electron chi connectivity index (χ1n) is 8.45. The van der Waals surface area contributed by atoms with E-state index in [-0.39, 0.29) is 35.3 Å². The molecule has 0 saturated carbocycles. The summed E-state index contributed by atoms with van der Waals surface area (Å²) in [7, 11) is 1.33. The summed E-state index contributed by atoms with van der Waals surface area (Å²) in [6, 6.07) is 11.3. The molecule has 0 unspecified atom stereocenters. The van der Waals surface area contributed by atoms with Gasteiger partial charge in [-0.3, -0.25) is 9.36 Å². The third kappa shape index (κ3) is 3.77. The van der Waals surface area contributed by atoms with Crippen LogP contribution in [-0.2, 0) is 6.54 Å². The second-order valence-electron chi connectivity index (χ2n) is 5.95. The lowest BCUT2D eigenvalue weighted by atomic mass is 10.2. The number of fused-ring (bicyclic) bond motifs is 1. The number of para-hydroxylation sites is 1. The fourth-order valence-electron chi connectivity index (χ4n) is 2.80. The van der Waals surface area contributed by atoms with Crippen LogP contribution in [0.1, 0.15) is 5.89 Å². The Balaban J connectivity index is 1.61. The normalized spacial score (nSPS) is 11.2. The van der Waals surface area contributed by atoms with Crippen molar-refractivity contribution in [2.45, 2.75) is 13.2 Å². The molecule has 29 heavy (non-hydrogen) atoms. The van der Waals surface area contributed by atoms with Crippen LogP contribution in [0, 0.1) is 0 Å². The largest absolute Gasteiger partial charge is 0.493 e. The monoisotopic (exact) mass is 400 g/mol. The van der Waals surface area contributed by atoms with E-state index in [4.69, 9.17) is 9.26 Å². The number of nitrogens with zero attached hydrogens (tertiary/aromatic N) is 4. The minimum absolute atomic E-state index is 0.0351.